The van der Waals surface area contributed by atoms with Gasteiger partial charge >= 0.3 is 0 Å². The molecule has 1 aliphatic heterocycles. The molecule has 45 heavy (non-hydrogen) atoms. The second kappa shape index (κ2) is 12.4. The minimum atomic E-state index is -0.282. The van der Waals surface area contributed by atoms with Crippen molar-refractivity contribution < 1.29 is 14.7 Å². The van der Waals surface area contributed by atoms with Crippen LogP contribution < -0.4 is 4.90 Å². The molecule has 7 nitrogen and oxygen atoms in total. The van der Waals surface area contributed by atoms with Gasteiger partial charge in [-0.1, -0.05) is 54.1 Å². The van der Waals surface area contributed by atoms with Gasteiger partial charge in [0.1, 0.15) is 5.75 Å². The molecular weight excluding hydrogens is 584 g/mol. The Hall–Kier alpha value is -5.32. The van der Waals surface area contributed by atoms with Gasteiger partial charge in [-0.2, -0.15) is 5.26 Å². The number of aromatic nitrogens is 1. The highest BCUT2D eigenvalue weighted by Gasteiger charge is 2.28. The molecule has 0 saturated heterocycles. The molecule has 6 rings (SSSR count). The second-order valence-electron chi connectivity index (χ2n) is 11.2. The van der Waals surface area contributed by atoms with E-state index < -0.39 is 0 Å². The molecule has 1 N–H and O–H groups in total. The van der Waals surface area contributed by atoms with Gasteiger partial charge in [-0.15, -0.1) is 0 Å². The molecule has 0 unspecified atom stereocenters. The Bertz CT molecular complexity index is 1970. The first kappa shape index (κ1) is 29.7. The topological polar surface area (TPSA) is 89.6 Å². The summed E-state index contributed by atoms with van der Waals surface area (Å²) in [4.78, 5) is 31.8. The standard InChI is InChI=1S/C37H31ClN4O3/c1-24-33(37(45)42(30-12-14-31(43)15-13-30)23-28-10-6-4-8-26(28)21-39)20-35(40(24)2)34-19-29(38)11-16-32(34)36(44)41-18-17-25-7-3-5-9-27(25)22-41/h3-16,19-20,43H,17-18,22-23H2,1-2H3. The van der Waals surface area contributed by atoms with Crippen LogP contribution in [0.1, 0.15) is 48.7 Å². The number of nitrogens with zero attached hydrogens (tertiary/aromatic N) is 4. The van der Waals surface area contributed by atoms with Crippen molar-refractivity contribution in [2.24, 2.45) is 7.05 Å². The Morgan fingerprint density at radius 2 is 1.64 bits per heavy atom. The number of benzene rings is 4. The average molecular weight is 615 g/mol. The molecule has 5 aromatic rings. The zero-order valence-electron chi connectivity index (χ0n) is 25.0. The first-order chi connectivity index (χ1) is 21.7. The Morgan fingerprint density at radius 1 is 0.933 bits per heavy atom. The molecule has 1 aromatic heterocycles. The minimum absolute atomic E-state index is 0.0806. The smallest absolute Gasteiger partial charge is 0.260 e. The van der Waals surface area contributed by atoms with Crippen LogP contribution >= 0.6 is 11.6 Å². The molecule has 1 aliphatic rings. The maximum absolute atomic E-state index is 14.4. The van der Waals surface area contributed by atoms with Crippen LogP contribution in [-0.2, 0) is 26.6 Å². The molecule has 0 saturated carbocycles. The molecule has 0 bridgehead atoms. The van der Waals surface area contributed by atoms with Gasteiger partial charge in [0, 0.05) is 53.4 Å². The van der Waals surface area contributed by atoms with E-state index in [1.807, 2.05) is 47.7 Å². The number of rotatable bonds is 6. The summed E-state index contributed by atoms with van der Waals surface area (Å²) in [6.07, 6.45) is 0.786. The Balaban J connectivity index is 1.39. The first-order valence-corrected chi connectivity index (χ1v) is 15.0. The van der Waals surface area contributed by atoms with E-state index >= 15 is 0 Å². The number of hydrogen-bond donors (Lipinski definition) is 1. The lowest BCUT2D eigenvalue weighted by Gasteiger charge is -2.29. The number of carbonyl (C=O) groups is 2. The van der Waals surface area contributed by atoms with E-state index in [2.05, 4.69) is 18.2 Å². The van der Waals surface area contributed by atoms with Crippen LogP contribution in [0.15, 0.2) is 97.1 Å². The lowest BCUT2D eigenvalue weighted by atomic mass is 9.97. The van der Waals surface area contributed by atoms with Crippen LogP contribution in [0.5, 0.6) is 5.75 Å². The van der Waals surface area contributed by atoms with Crippen LogP contribution in [0.4, 0.5) is 5.69 Å². The molecule has 0 spiro atoms. The number of aromatic hydroxyl groups is 1. The molecule has 0 aliphatic carbocycles. The maximum Gasteiger partial charge on any atom is 0.260 e. The van der Waals surface area contributed by atoms with E-state index in [0.717, 1.165) is 12.0 Å². The summed E-state index contributed by atoms with van der Waals surface area (Å²) in [5.41, 5.74) is 7.12. The molecule has 2 amide bonds. The van der Waals surface area contributed by atoms with Gasteiger partial charge in [-0.25, -0.2) is 0 Å². The van der Waals surface area contributed by atoms with Crippen LogP contribution in [0.25, 0.3) is 11.3 Å². The number of hydrogen-bond acceptors (Lipinski definition) is 4. The SMILES string of the molecule is Cc1c(C(=O)N(Cc2ccccc2C#N)c2ccc(O)cc2)cc(-c2cc(Cl)ccc2C(=O)N2CCc3ccccc3C2)n1C. The third kappa shape index (κ3) is 5.81. The van der Waals surface area contributed by atoms with Crippen molar-refractivity contribution >= 4 is 29.1 Å². The molecule has 4 aromatic carbocycles. The lowest BCUT2D eigenvalue weighted by Crippen LogP contribution is -2.36. The fourth-order valence-corrected chi connectivity index (χ4v) is 6.10. The Labute approximate surface area is 267 Å². The number of phenolic OH excluding ortho intramolecular Hbond substituents is 1. The van der Waals surface area contributed by atoms with Gasteiger partial charge in [0.05, 0.1) is 23.7 Å². The second-order valence-corrected chi connectivity index (χ2v) is 11.6. The van der Waals surface area contributed by atoms with Crippen molar-refractivity contribution in [2.45, 2.75) is 26.4 Å². The zero-order chi connectivity index (χ0) is 31.7. The highest BCUT2D eigenvalue weighted by molar-refractivity contribution is 6.31. The summed E-state index contributed by atoms with van der Waals surface area (Å²) >= 11 is 6.49. The highest BCUT2D eigenvalue weighted by Crippen LogP contribution is 2.34. The van der Waals surface area contributed by atoms with Crippen molar-refractivity contribution in [3.05, 3.63) is 141 Å². The lowest BCUT2D eigenvalue weighted by molar-refractivity contribution is 0.0735. The molecule has 0 fully saturated rings. The summed E-state index contributed by atoms with van der Waals surface area (Å²) in [6.45, 7) is 3.15. The van der Waals surface area contributed by atoms with E-state index in [-0.39, 0.29) is 24.1 Å². The fourth-order valence-electron chi connectivity index (χ4n) is 5.92. The number of fused-ring (bicyclic) bond motifs is 1. The third-order valence-corrected chi connectivity index (χ3v) is 8.78. The van der Waals surface area contributed by atoms with Gasteiger partial charge < -0.3 is 19.5 Å². The first-order valence-electron chi connectivity index (χ1n) is 14.7. The Morgan fingerprint density at radius 3 is 2.40 bits per heavy atom. The number of carbonyl (C=O) groups excluding carboxylic acids is 2. The third-order valence-electron chi connectivity index (χ3n) is 8.54. The number of amides is 2. The number of nitriles is 1. The van der Waals surface area contributed by atoms with E-state index in [1.54, 1.807) is 53.4 Å². The summed E-state index contributed by atoms with van der Waals surface area (Å²) < 4.78 is 1.90. The van der Waals surface area contributed by atoms with Crippen LogP contribution in [0.3, 0.4) is 0 Å². The quantitative estimate of drug-likeness (QED) is 0.218. The predicted molar refractivity (Wildman–Crippen MR) is 175 cm³/mol. The predicted octanol–water partition coefficient (Wildman–Crippen LogP) is 7.28. The monoisotopic (exact) mass is 614 g/mol. The summed E-state index contributed by atoms with van der Waals surface area (Å²) in [5.74, 6) is -0.297. The van der Waals surface area contributed by atoms with Gasteiger partial charge in [0.25, 0.3) is 11.8 Å². The van der Waals surface area contributed by atoms with Crippen molar-refractivity contribution in [2.75, 3.05) is 11.4 Å². The highest BCUT2D eigenvalue weighted by atomic mass is 35.5. The van der Waals surface area contributed by atoms with Gasteiger partial charge in [-0.3, -0.25) is 9.59 Å². The van der Waals surface area contributed by atoms with Crippen LogP contribution in [0, 0.1) is 18.3 Å². The normalized spacial score (nSPS) is 12.4. The molecule has 2 heterocycles. The maximum atomic E-state index is 14.4. The minimum Gasteiger partial charge on any atom is -0.508 e. The molecule has 0 atom stereocenters. The molecule has 8 heteroatoms. The zero-order valence-corrected chi connectivity index (χ0v) is 25.8. The summed E-state index contributed by atoms with van der Waals surface area (Å²) in [6, 6.07) is 31.0. The van der Waals surface area contributed by atoms with E-state index in [0.29, 0.717) is 63.0 Å². The summed E-state index contributed by atoms with van der Waals surface area (Å²) in [5, 5.41) is 20.1. The fraction of sp³-hybridized carbons (Fsp3) is 0.162. The molecule has 0 radical (unpaired) electrons. The van der Waals surface area contributed by atoms with Gasteiger partial charge in [0.15, 0.2) is 0 Å². The van der Waals surface area contributed by atoms with Gasteiger partial charge in [-0.05, 0) is 84.6 Å². The molecule has 224 valence electrons. The van der Waals surface area contributed by atoms with Crippen LogP contribution in [-0.4, -0.2) is 32.9 Å². The van der Waals surface area contributed by atoms with Crippen molar-refractivity contribution in [1.29, 1.82) is 5.26 Å². The number of anilines is 1. The van der Waals surface area contributed by atoms with Crippen molar-refractivity contribution in [3.8, 4) is 23.1 Å². The molecular formula is C37H31ClN4O3. The van der Waals surface area contributed by atoms with Gasteiger partial charge in [0.2, 0.25) is 0 Å². The summed E-state index contributed by atoms with van der Waals surface area (Å²) in [7, 11) is 1.86. The average Bonchev–Trinajstić information content (AvgIpc) is 3.36. The van der Waals surface area contributed by atoms with E-state index in [9.17, 15) is 20.0 Å². The van der Waals surface area contributed by atoms with Crippen molar-refractivity contribution in [3.63, 3.8) is 0 Å². The Kier molecular flexibility index (Phi) is 8.16. The van der Waals surface area contributed by atoms with E-state index in [4.69, 9.17) is 11.6 Å². The number of phenols is 1. The van der Waals surface area contributed by atoms with E-state index in [1.165, 1.54) is 17.7 Å². The van der Waals surface area contributed by atoms with Crippen molar-refractivity contribution in [1.82, 2.24) is 9.47 Å². The van der Waals surface area contributed by atoms with Crippen LogP contribution in [0.2, 0.25) is 5.02 Å². The largest absolute Gasteiger partial charge is 0.508 e. The number of halogens is 1.